The maximum Gasteiger partial charge on any atom is 0.223 e. The fraction of sp³-hybridized carbons (Fsp3) is 0.429. The van der Waals surface area contributed by atoms with Gasteiger partial charge in [-0.25, -0.2) is 4.98 Å². The van der Waals surface area contributed by atoms with Crippen molar-refractivity contribution in [3.05, 3.63) is 58.6 Å². The largest absolute Gasteiger partial charge is 0.338 e. The van der Waals surface area contributed by atoms with Crippen molar-refractivity contribution in [2.45, 2.75) is 25.8 Å². The topological polar surface area (TPSA) is 36.4 Å². The lowest BCUT2D eigenvalue weighted by molar-refractivity contribution is -0.127. The van der Waals surface area contributed by atoms with Crippen LogP contribution in [0.15, 0.2) is 47.3 Å². The summed E-state index contributed by atoms with van der Waals surface area (Å²) in [6.07, 6.45) is 7.17. The van der Waals surface area contributed by atoms with Crippen molar-refractivity contribution < 1.29 is 4.79 Å². The third-order valence-corrected chi connectivity index (χ3v) is 6.26. The summed E-state index contributed by atoms with van der Waals surface area (Å²) in [5, 5.41) is 2.13. The first kappa shape index (κ1) is 17.4. The van der Waals surface area contributed by atoms with E-state index in [0.29, 0.717) is 5.91 Å². The van der Waals surface area contributed by atoms with E-state index in [1.165, 1.54) is 11.3 Å². The van der Waals surface area contributed by atoms with E-state index in [-0.39, 0.29) is 5.41 Å². The fourth-order valence-corrected chi connectivity index (χ4v) is 4.64. The van der Waals surface area contributed by atoms with Crippen LogP contribution in [0.3, 0.4) is 0 Å². The molecule has 1 aromatic heterocycles. The zero-order valence-electron chi connectivity index (χ0n) is 15.0. The quantitative estimate of drug-likeness (QED) is 0.809. The van der Waals surface area contributed by atoms with Crippen molar-refractivity contribution >= 4 is 23.3 Å². The van der Waals surface area contributed by atoms with Crippen molar-refractivity contribution in [2.75, 3.05) is 26.2 Å². The molecule has 3 heterocycles. The molecule has 0 aliphatic carbocycles. The minimum Gasteiger partial charge on any atom is -0.338 e. The molecule has 0 atom stereocenters. The number of thiazole rings is 1. The van der Waals surface area contributed by atoms with Gasteiger partial charge in [-0.2, -0.15) is 0 Å². The molecule has 5 heteroatoms. The van der Waals surface area contributed by atoms with E-state index < -0.39 is 0 Å². The first-order valence-corrected chi connectivity index (χ1v) is 10.3. The van der Waals surface area contributed by atoms with Crippen LogP contribution in [0.2, 0.25) is 0 Å². The van der Waals surface area contributed by atoms with Crippen molar-refractivity contribution in [1.82, 2.24) is 14.8 Å². The van der Waals surface area contributed by atoms with Crippen LogP contribution in [-0.2, 0) is 11.3 Å². The number of amides is 1. The molecule has 2 saturated heterocycles. The molecule has 2 fully saturated rings. The second kappa shape index (κ2) is 7.72. The van der Waals surface area contributed by atoms with Gasteiger partial charge in [0.05, 0.1) is 11.2 Å². The molecule has 2 aliphatic heterocycles. The summed E-state index contributed by atoms with van der Waals surface area (Å²) >= 11 is 1.66. The number of carbonyl (C=O) groups is 1. The zero-order valence-corrected chi connectivity index (χ0v) is 15.8. The first-order chi connectivity index (χ1) is 12.7. The molecule has 0 bridgehead atoms. The summed E-state index contributed by atoms with van der Waals surface area (Å²) in [5.74, 6) is 0.315. The van der Waals surface area contributed by atoms with E-state index in [1.54, 1.807) is 11.3 Å². The smallest absolute Gasteiger partial charge is 0.223 e. The van der Waals surface area contributed by atoms with Crippen LogP contribution >= 0.6 is 11.3 Å². The van der Waals surface area contributed by atoms with Gasteiger partial charge in [-0.05, 0) is 36.9 Å². The lowest BCUT2D eigenvalue weighted by Crippen LogP contribution is -2.41. The third kappa shape index (κ3) is 4.05. The summed E-state index contributed by atoms with van der Waals surface area (Å²) in [4.78, 5) is 21.4. The summed E-state index contributed by atoms with van der Waals surface area (Å²) in [6.45, 7) is 4.71. The molecule has 26 heavy (non-hydrogen) atoms. The van der Waals surface area contributed by atoms with Crippen LogP contribution in [0.25, 0.3) is 6.08 Å². The van der Waals surface area contributed by atoms with Gasteiger partial charge in [0.25, 0.3) is 0 Å². The van der Waals surface area contributed by atoms with Crippen LogP contribution in [0, 0.1) is 5.41 Å². The molecular formula is C21H25N3OS. The van der Waals surface area contributed by atoms with E-state index in [4.69, 9.17) is 0 Å². The Labute approximate surface area is 159 Å². The fourth-order valence-electron chi connectivity index (χ4n) is 4.09. The van der Waals surface area contributed by atoms with Gasteiger partial charge in [-0.1, -0.05) is 42.5 Å². The number of hydrogen-bond acceptors (Lipinski definition) is 4. The predicted octanol–water partition coefficient (Wildman–Crippen LogP) is 3.67. The molecule has 4 rings (SSSR count). The summed E-state index contributed by atoms with van der Waals surface area (Å²) in [7, 11) is 0. The van der Waals surface area contributed by atoms with Crippen molar-refractivity contribution in [3.8, 4) is 0 Å². The van der Waals surface area contributed by atoms with Gasteiger partial charge < -0.3 is 4.90 Å². The van der Waals surface area contributed by atoms with Crippen molar-refractivity contribution in [2.24, 2.45) is 5.41 Å². The highest BCUT2D eigenvalue weighted by Crippen LogP contribution is 2.41. The maximum absolute atomic E-state index is 12.5. The average molecular weight is 368 g/mol. The van der Waals surface area contributed by atoms with Gasteiger partial charge in [0.2, 0.25) is 5.91 Å². The van der Waals surface area contributed by atoms with Crippen LogP contribution in [0.4, 0.5) is 0 Å². The minimum absolute atomic E-state index is 0.191. The highest BCUT2D eigenvalue weighted by molar-refractivity contribution is 7.07. The Hall–Kier alpha value is -1.98. The van der Waals surface area contributed by atoms with Crippen LogP contribution in [0.1, 0.15) is 30.5 Å². The highest BCUT2D eigenvalue weighted by atomic mass is 32.1. The van der Waals surface area contributed by atoms with Gasteiger partial charge in [-0.15, -0.1) is 11.3 Å². The van der Waals surface area contributed by atoms with E-state index in [2.05, 4.69) is 39.5 Å². The van der Waals surface area contributed by atoms with E-state index >= 15 is 0 Å². The molecule has 0 radical (unpaired) electrons. The summed E-state index contributed by atoms with van der Waals surface area (Å²) in [6, 6.07) is 10.3. The molecular weight excluding hydrogens is 342 g/mol. The molecule has 2 aromatic rings. The van der Waals surface area contributed by atoms with Crippen LogP contribution < -0.4 is 0 Å². The minimum atomic E-state index is 0.191. The lowest BCUT2D eigenvalue weighted by atomic mass is 9.77. The van der Waals surface area contributed by atoms with Crippen LogP contribution in [-0.4, -0.2) is 46.9 Å². The van der Waals surface area contributed by atoms with Crippen molar-refractivity contribution in [1.29, 1.82) is 0 Å². The number of aromatic nitrogens is 1. The number of carbonyl (C=O) groups excluding carboxylic acids is 1. The number of rotatable bonds is 5. The van der Waals surface area contributed by atoms with Gasteiger partial charge >= 0.3 is 0 Å². The molecule has 1 amide bonds. The van der Waals surface area contributed by atoms with E-state index in [9.17, 15) is 4.79 Å². The first-order valence-electron chi connectivity index (χ1n) is 9.31. The molecule has 1 aromatic carbocycles. The molecule has 1 spiro atoms. The Morgan fingerprint density at radius 3 is 2.73 bits per heavy atom. The standard InChI is InChI=1S/C21H25N3OS/c25-20-13-21(8-11-23(12-9-21)14-19-15-26-17-22-19)16-24(20)10-4-7-18-5-2-1-3-6-18/h1-7,15,17H,8-14,16H2/b7-4+. The predicted molar refractivity (Wildman–Crippen MR) is 106 cm³/mol. The van der Waals surface area contributed by atoms with Gasteiger partial charge in [0.15, 0.2) is 0 Å². The average Bonchev–Trinajstić information content (AvgIpc) is 3.27. The van der Waals surface area contributed by atoms with E-state index in [1.807, 2.05) is 28.6 Å². The monoisotopic (exact) mass is 367 g/mol. The maximum atomic E-state index is 12.5. The third-order valence-electron chi connectivity index (χ3n) is 5.63. The number of nitrogens with zero attached hydrogens (tertiary/aromatic N) is 3. The Balaban J connectivity index is 1.29. The molecule has 0 N–H and O–H groups in total. The van der Waals surface area contributed by atoms with Gasteiger partial charge in [-0.3, -0.25) is 9.69 Å². The zero-order chi connectivity index (χ0) is 17.8. The summed E-state index contributed by atoms with van der Waals surface area (Å²) < 4.78 is 0. The van der Waals surface area contributed by atoms with E-state index in [0.717, 1.165) is 52.0 Å². The Morgan fingerprint density at radius 2 is 2.00 bits per heavy atom. The second-order valence-corrected chi connectivity index (χ2v) is 8.24. The Morgan fingerprint density at radius 1 is 1.19 bits per heavy atom. The molecule has 4 nitrogen and oxygen atoms in total. The Kier molecular flexibility index (Phi) is 5.18. The number of hydrogen-bond donors (Lipinski definition) is 0. The molecule has 0 unspecified atom stereocenters. The number of likely N-dealkylation sites (tertiary alicyclic amines) is 2. The van der Waals surface area contributed by atoms with Crippen LogP contribution in [0.5, 0.6) is 0 Å². The number of piperidine rings is 1. The van der Waals surface area contributed by atoms with Gasteiger partial charge in [0.1, 0.15) is 0 Å². The summed E-state index contributed by atoms with van der Waals surface area (Å²) in [5.41, 5.74) is 4.44. The molecule has 0 saturated carbocycles. The second-order valence-electron chi connectivity index (χ2n) is 7.52. The SMILES string of the molecule is O=C1CC2(CCN(Cc3cscn3)CC2)CN1C/C=C/c1ccccc1. The normalized spacial score (nSPS) is 20.5. The molecule has 2 aliphatic rings. The van der Waals surface area contributed by atoms with Gasteiger partial charge in [0, 0.05) is 31.4 Å². The Bertz CT molecular complexity index is 749. The highest BCUT2D eigenvalue weighted by Gasteiger charge is 2.44. The molecule has 136 valence electrons. The van der Waals surface area contributed by atoms with Crippen molar-refractivity contribution in [3.63, 3.8) is 0 Å². The number of benzene rings is 1. The lowest BCUT2D eigenvalue weighted by Gasteiger charge is -2.38.